The summed E-state index contributed by atoms with van der Waals surface area (Å²) in [6.07, 6.45) is 0.198. The molecule has 1 saturated carbocycles. The monoisotopic (exact) mass is 461 g/mol. The van der Waals surface area contributed by atoms with E-state index in [1.54, 1.807) is 54.6 Å². The second-order valence-electron chi connectivity index (χ2n) is 7.20. The van der Waals surface area contributed by atoms with Crippen LogP contribution in [-0.2, 0) is 14.8 Å². The molecular weight excluding hydrogens is 445 g/mol. The van der Waals surface area contributed by atoms with E-state index in [-0.39, 0.29) is 11.3 Å². The van der Waals surface area contributed by atoms with Crippen molar-refractivity contribution in [2.75, 3.05) is 0 Å². The molecule has 0 bridgehead atoms. The van der Waals surface area contributed by atoms with E-state index in [1.807, 2.05) is 6.07 Å². The van der Waals surface area contributed by atoms with Gasteiger partial charge < -0.3 is 5.11 Å². The third-order valence-corrected chi connectivity index (χ3v) is 7.34. The van der Waals surface area contributed by atoms with Crippen molar-refractivity contribution >= 4 is 39.2 Å². The average molecular weight is 462 g/mol. The van der Waals surface area contributed by atoms with Crippen LogP contribution in [0.5, 0.6) is 0 Å². The van der Waals surface area contributed by atoms with Gasteiger partial charge in [-0.05, 0) is 41.8 Å². The molecule has 2 atom stereocenters. The Hall–Kier alpha value is -2.38. The van der Waals surface area contributed by atoms with Crippen molar-refractivity contribution in [1.29, 1.82) is 0 Å². The summed E-state index contributed by atoms with van der Waals surface area (Å²) in [5.74, 6) is -1.61. The molecule has 0 radical (unpaired) electrons. The molecule has 8 heteroatoms. The fourth-order valence-electron chi connectivity index (χ4n) is 3.58. The van der Waals surface area contributed by atoms with Gasteiger partial charge in [-0.3, -0.25) is 4.79 Å². The highest BCUT2D eigenvalue weighted by atomic mass is 35.5. The number of carbonyl (C=O) groups is 1. The Labute approximate surface area is 184 Å². The quantitative estimate of drug-likeness (QED) is 0.543. The van der Waals surface area contributed by atoms with Crippen LogP contribution in [0.15, 0.2) is 77.7 Å². The van der Waals surface area contributed by atoms with E-state index in [0.29, 0.717) is 15.6 Å². The number of hydrogen-bond donors (Lipinski definition) is 2. The fraction of sp³-hybridized carbons (Fsp3) is 0.136. The summed E-state index contributed by atoms with van der Waals surface area (Å²) in [7, 11) is -4.04. The molecule has 0 saturated heterocycles. The molecule has 0 amide bonds. The lowest BCUT2D eigenvalue weighted by atomic mass is 10.1. The second-order valence-corrected chi connectivity index (χ2v) is 9.72. The van der Waals surface area contributed by atoms with Crippen molar-refractivity contribution < 1.29 is 18.3 Å². The van der Waals surface area contributed by atoms with Gasteiger partial charge in [0.25, 0.3) is 0 Å². The highest BCUT2D eigenvalue weighted by molar-refractivity contribution is 7.89. The molecular formula is C22H17Cl2NO4S. The van der Waals surface area contributed by atoms with Gasteiger partial charge in [0, 0.05) is 21.5 Å². The van der Waals surface area contributed by atoms with Crippen LogP contribution in [0.3, 0.4) is 0 Å². The fourth-order valence-corrected chi connectivity index (χ4v) is 5.50. The first-order valence-electron chi connectivity index (χ1n) is 9.11. The molecule has 0 aliphatic heterocycles. The van der Waals surface area contributed by atoms with Gasteiger partial charge in [-0.2, -0.15) is 4.72 Å². The molecule has 1 aliphatic rings. The molecule has 2 unspecified atom stereocenters. The van der Waals surface area contributed by atoms with Crippen molar-refractivity contribution in [3.63, 3.8) is 0 Å². The smallest absolute Gasteiger partial charge is 0.325 e. The minimum Gasteiger partial charge on any atom is -0.480 e. The standard InChI is InChI=1S/C22H17Cl2NO4S/c23-16-8-11-18(20(24)12-16)14-6-9-17(10-7-14)30(28,29)25-22(21(26)27)13-19(22)15-4-2-1-3-5-15/h1-12,19,25H,13H2,(H,26,27). The van der Waals surface area contributed by atoms with Gasteiger partial charge >= 0.3 is 5.97 Å². The maximum Gasteiger partial charge on any atom is 0.325 e. The number of rotatable bonds is 6. The van der Waals surface area contributed by atoms with Gasteiger partial charge in [0.2, 0.25) is 10.0 Å². The number of hydrogen-bond acceptors (Lipinski definition) is 3. The Balaban J connectivity index is 1.60. The van der Waals surface area contributed by atoms with E-state index in [1.165, 1.54) is 12.1 Å². The maximum absolute atomic E-state index is 12.9. The summed E-state index contributed by atoms with van der Waals surface area (Å²) >= 11 is 12.1. The Morgan fingerprint density at radius 1 is 1.00 bits per heavy atom. The number of benzene rings is 3. The van der Waals surface area contributed by atoms with Gasteiger partial charge in [0.1, 0.15) is 5.54 Å². The van der Waals surface area contributed by atoms with Gasteiger partial charge in [0.15, 0.2) is 0 Å². The van der Waals surface area contributed by atoms with Crippen LogP contribution < -0.4 is 4.72 Å². The largest absolute Gasteiger partial charge is 0.480 e. The zero-order valence-corrected chi connectivity index (χ0v) is 17.9. The molecule has 1 fully saturated rings. The first-order valence-corrected chi connectivity index (χ1v) is 11.3. The Morgan fingerprint density at radius 2 is 1.67 bits per heavy atom. The molecule has 0 heterocycles. The molecule has 4 rings (SSSR count). The predicted octanol–water partition coefficient (Wildman–Crippen LogP) is 4.95. The summed E-state index contributed by atoms with van der Waals surface area (Å²) in [5, 5.41) is 10.7. The van der Waals surface area contributed by atoms with Crippen molar-refractivity contribution in [2.45, 2.75) is 22.8 Å². The van der Waals surface area contributed by atoms with Crippen LogP contribution in [0, 0.1) is 0 Å². The summed E-state index contributed by atoms with van der Waals surface area (Å²) in [6.45, 7) is 0. The molecule has 0 aromatic heterocycles. The third kappa shape index (κ3) is 3.84. The Bertz CT molecular complexity index is 1210. The van der Waals surface area contributed by atoms with E-state index in [0.717, 1.165) is 11.1 Å². The first-order chi connectivity index (χ1) is 14.2. The van der Waals surface area contributed by atoms with E-state index in [9.17, 15) is 18.3 Å². The molecule has 2 N–H and O–H groups in total. The normalized spacial score (nSPS) is 20.7. The topological polar surface area (TPSA) is 83.5 Å². The highest BCUT2D eigenvalue weighted by Gasteiger charge is 2.63. The molecule has 154 valence electrons. The van der Waals surface area contributed by atoms with Crippen LogP contribution in [0.2, 0.25) is 10.0 Å². The van der Waals surface area contributed by atoms with E-state index >= 15 is 0 Å². The van der Waals surface area contributed by atoms with Crippen molar-refractivity contribution in [2.24, 2.45) is 0 Å². The molecule has 0 spiro atoms. The summed E-state index contributed by atoms with van der Waals surface area (Å²) in [6, 6.07) is 20.2. The van der Waals surface area contributed by atoms with Crippen molar-refractivity contribution in [1.82, 2.24) is 4.72 Å². The molecule has 3 aromatic rings. The first kappa shape index (κ1) is 20.9. The van der Waals surface area contributed by atoms with E-state index in [2.05, 4.69) is 4.72 Å². The number of halogens is 2. The van der Waals surface area contributed by atoms with Crippen molar-refractivity contribution in [3.05, 3.63) is 88.4 Å². The second kappa shape index (κ2) is 7.71. The van der Waals surface area contributed by atoms with Gasteiger partial charge in [-0.1, -0.05) is 71.7 Å². The SMILES string of the molecule is O=C(O)C1(NS(=O)(=O)c2ccc(-c3ccc(Cl)cc3Cl)cc2)CC1c1ccccc1. The zero-order chi connectivity index (χ0) is 21.5. The van der Waals surface area contributed by atoms with Crippen LogP contribution in [-0.4, -0.2) is 25.0 Å². The van der Waals surface area contributed by atoms with E-state index < -0.39 is 27.4 Å². The Kier molecular flexibility index (Phi) is 5.36. The van der Waals surface area contributed by atoms with Crippen LogP contribution >= 0.6 is 23.2 Å². The lowest BCUT2D eigenvalue weighted by Gasteiger charge is -2.16. The predicted molar refractivity (Wildman–Crippen MR) is 116 cm³/mol. The number of carboxylic acids is 1. The summed E-state index contributed by atoms with van der Waals surface area (Å²) < 4.78 is 28.2. The van der Waals surface area contributed by atoms with Crippen LogP contribution in [0.4, 0.5) is 0 Å². The number of aliphatic carboxylic acids is 1. The number of sulfonamides is 1. The minimum absolute atomic E-state index is 0.0179. The third-order valence-electron chi connectivity index (χ3n) is 5.27. The summed E-state index contributed by atoms with van der Waals surface area (Å²) in [4.78, 5) is 11.9. The highest BCUT2D eigenvalue weighted by Crippen LogP contribution is 2.52. The van der Waals surface area contributed by atoms with Crippen molar-refractivity contribution in [3.8, 4) is 11.1 Å². The maximum atomic E-state index is 12.9. The summed E-state index contributed by atoms with van der Waals surface area (Å²) in [5.41, 5.74) is 0.678. The van der Waals surface area contributed by atoms with Gasteiger partial charge in [-0.15, -0.1) is 0 Å². The molecule has 3 aromatic carbocycles. The number of carboxylic acid groups (broad SMARTS) is 1. The number of nitrogens with one attached hydrogen (secondary N) is 1. The Morgan fingerprint density at radius 3 is 2.27 bits per heavy atom. The van der Waals surface area contributed by atoms with Crippen LogP contribution in [0.25, 0.3) is 11.1 Å². The van der Waals surface area contributed by atoms with Crippen LogP contribution in [0.1, 0.15) is 17.9 Å². The average Bonchev–Trinajstić information content (AvgIpc) is 3.44. The zero-order valence-electron chi connectivity index (χ0n) is 15.5. The molecule has 5 nitrogen and oxygen atoms in total. The van der Waals surface area contributed by atoms with E-state index in [4.69, 9.17) is 23.2 Å². The lowest BCUT2D eigenvalue weighted by molar-refractivity contribution is -0.140. The minimum atomic E-state index is -4.04. The molecule has 30 heavy (non-hydrogen) atoms. The lowest BCUT2D eigenvalue weighted by Crippen LogP contribution is -2.44. The molecule has 1 aliphatic carbocycles. The van der Waals surface area contributed by atoms with Gasteiger partial charge in [-0.25, -0.2) is 8.42 Å². The van der Waals surface area contributed by atoms with Gasteiger partial charge in [0.05, 0.1) is 4.90 Å².